The SMILES string of the molecule is O=C(O)c1ccc(CNc2cccc(NC(=O)C3CCCCC3)c2)cc1. The predicted octanol–water partition coefficient (Wildman–Crippen LogP) is 4.52. The second-order valence-electron chi connectivity index (χ2n) is 6.76. The average molecular weight is 352 g/mol. The smallest absolute Gasteiger partial charge is 0.335 e. The van der Waals surface area contributed by atoms with Gasteiger partial charge in [-0.2, -0.15) is 0 Å². The highest BCUT2D eigenvalue weighted by atomic mass is 16.4. The molecule has 0 atom stereocenters. The Hall–Kier alpha value is -2.82. The van der Waals surface area contributed by atoms with Gasteiger partial charge in [-0.25, -0.2) is 4.79 Å². The van der Waals surface area contributed by atoms with Crippen LogP contribution in [0.1, 0.15) is 48.0 Å². The summed E-state index contributed by atoms with van der Waals surface area (Å²) < 4.78 is 0. The summed E-state index contributed by atoms with van der Waals surface area (Å²) in [6.07, 6.45) is 5.48. The monoisotopic (exact) mass is 352 g/mol. The molecule has 2 aromatic rings. The molecule has 0 radical (unpaired) electrons. The number of carboxylic acid groups (broad SMARTS) is 1. The lowest BCUT2D eigenvalue weighted by Gasteiger charge is -2.21. The van der Waals surface area contributed by atoms with Crippen LogP contribution in [0.2, 0.25) is 0 Å². The highest BCUT2D eigenvalue weighted by molar-refractivity contribution is 5.93. The fourth-order valence-corrected chi connectivity index (χ4v) is 3.29. The molecule has 3 N–H and O–H groups in total. The number of carbonyl (C=O) groups is 2. The highest BCUT2D eigenvalue weighted by Crippen LogP contribution is 2.25. The van der Waals surface area contributed by atoms with E-state index in [1.807, 2.05) is 24.3 Å². The molecule has 0 aliphatic heterocycles. The van der Waals surface area contributed by atoms with Crippen molar-refractivity contribution in [2.24, 2.45) is 5.92 Å². The van der Waals surface area contributed by atoms with Crippen LogP contribution < -0.4 is 10.6 Å². The van der Waals surface area contributed by atoms with Gasteiger partial charge >= 0.3 is 5.97 Å². The fourth-order valence-electron chi connectivity index (χ4n) is 3.29. The van der Waals surface area contributed by atoms with E-state index in [4.69, 9.17) is 5.11 Å². The van der Waals surface area contributed by atoms with E-state index < -0.39 is 5.97 Å². The Morgan fingerprint density at radius 3 is 2.35 bits per heavy atom. The standard InChI is InChI=1S/C21H24N2O3/c24-20(16-5-2-1-3-6-16)23-19-8-4-7-18(13-19)22-14-15-9-11-17(12-10-15)21(25)26/h4,7-13,16,22H,1-3,5-6,14H2,(H,23,24)(H,25,26). The van der Waals surface area contributed by atoms with Crippen molar-refractivity contribution in [2.45, 2.75) is 38.6 Å². The number of hydrogen-bond acceptors (Lipinski definition) is 3. The van der Waals surface area contributed by atoms with Crippen LogP contribution in [0, 0.1) is 5.92 Å². The van der Waals surface area contributed by atoms with E-state index in [-0.39, 0.29) is 17.4 Å². The lowest BCUT2D eigenvalue weighted by Crippen LogP contribution is -2.24. The number of nitrogens with one attached hydrogen (secondary N) is 2. The molecule has 1 fully saturated rings. The summed E-state index contributed by atoms with van der Waals surface area (Å²) in [5.41, 5.74) is 2.98. The van der Waals surface area contributed by atoms with Crippen molar-refractivity contribution < 1.29 is 14.7 Å². The van der Waals surface area contributed by atoms with Gasteiger partial charge in [0.25, 0.3) is 0 Å². The first kappa shape index (κ1) is 18.0. The molecule has 1 amide bonds. The number of amides is 1. The average Bonchev–Trinajstić information content (AvgIpc) is 2.67. The summed E-state index contributed by atoms with van der Waals surface area (Å²) in [7, 11) is 0. The second kappa shape index (κ2) is 8.52. The molecule has 0 spiro atoms. The van der Waals surface area contributed by atoms with E-state index in [9.17, 15) is 9.59 Å². The maximum atomic E-state index is 12.4. The molecule has 1 saturated carbocycles. The molecule has 136 valence electrons. The van der Waals surface area contributed by atoms with Crippen molar-refractivity contribution in [3.8, 4) is 0 Å². The highest BCUT2D eigenvalue weighted by Gasteiger charge is 2.20. The Bertz CT molecular complexity index is 765. The summed E-state index contributed by atoms with van der Waals surface area (Å²) in [6.45, 7) is 0.583. The van der Waals surface area contributed by atoms with Crippen LogP contribution in [0.15, 0.2) is 48.5 Å². The van der Waals surface area contributed by atoms with Crippen molar-refractivity contribution >= 4 is 23.3 Å². The molecule has 0 aromatic heterocycles. The van der Waals surface area contributed by atoms with Gasteiger partial charge in [0.15, 0.2) is 0 Å². The molecule has 0 heterocycles. The summed E-state index contributed by atoms with van der Waals surface area (Å²) in [5, 5.41) is 15.3. The second-order valence-corrected chi connectivity index (χ2v) is 6.76. The first-order valence-corrected chi connectivity index (χ1v) is 9.09. The van der Waals surface area contributed by atoms with Gasteiger partial charge in [0.2, 0.25) is 5.91 Å². The largest absolute Gasteiger partial charge is 0.478 e. The van der Waals surface area contributed by atoms with Crippen LogP contribution in [0.3, 0.4) is 0 Å². The van der Waals surface area contributed by atoms with Gasteiger partial charge in [0.1, 0.15) is 0 Å². The van der Waals surface area contributed by atoms with E-state index in [1.165, 1.54) is 6.42 Å². The zero-order chi connectivity index (χ0) is 18.4. The molecule has 0 saturated heterocycles. The van der Waals surface area contributed by atoms with Crippen LogP contribution in [-0.4, -0.2) is 17.0 Å². The third kappa shape index (κ3) is 4.85. The Morgan fingerprint density at radius 2 is 1.65 bits per heavy atom. The van der Waals surface area contributed by atoms with Gasteiger partial charge in [0, 0.05) is 23.8 Å². The minimum atomic E-state index is -0.925. The quantitative estimate of drug-likeness (QED) is 0.714. The molecule has 0 bridgehead atoms. The van der Waals surface area contributed by atoms with Crippen LogP contribution in [-0.2, 0) is 11.3 Å². The number of carbonyl (C=O) groups excluding carboxylic acids is 1. The number of aromatic carboxylic acids is 1. The Kier molecular flexibility index (Phi) is 5.89. The fraction of sp³-hybridized carbons (Fsp3) is 0.333. The lowest BCUT2D eigenvalue weighted by atomic mass is 9.88. The molecule has 26 heavy (non-hydrogen) atoms. The van der Waals surface area contributed by atoms with E-state index in [0.29, 0.717) is 6.54 Å². The van der Waals surface area contributed by atoms with Crippen molar-refractivity contribution in [1.82, 2.24) is 0 Å². The molecule has 5 heteroatoms. The molecule has 1 aliphatic rings. The van der Waals surface area contributed by atoms with Crippen molar-refractivity contribution in [1.29, 1.82) is 0 Å². The number of anilines is 2. The summed E-state index contributed by atoms with van der Waals surface area (Å²) in [6, 6.07) is 14.5. The topological polar surface area (TPSA) is 78.4 Å². The molecule has 3 rings (SSSR count). The zero-order valence-electron chi connectivity index (χ0n) is 14.7. The zero-order valence-corrected chi connectivity index (χ0v) is 14.7. The Morgan fingerprint density at radius 1 is 0.962 bits per heavy atom. The first-order valence-electron chi connectivity index (χ1n) is 9.09. The molecule has 0 unspecified atom stereocenters. The van der Waals surface area contributed by atoms with Crippen molar-refractivity contribution in [2.75, 3.05) is 10.6 Å². The molecule has 5 nitrogen and oxygen atoms in total. The van der Waals surface area contributed by atoms with Gasteiger partial charge in [0.05, 0.1) is 5.56 Å². The van der Waals surface area contributed by atoms with E-state index in [2.05, 4.69) is 10.6 Å². The third-order valence-corrected chi connectivity index (χ3v) is 4.80. The van der Waals surface area contributed by atoms with E-state index in [0.717, 1.165) is 42.6 Å². The first-order chi connectivity index (χ1) is 12.6. The Labute approximate surface area is 153 Å². The Balaban J connectivity index is 1.56. The van der Waals surface area contributed by atoms with Gasteiger partial charge in [-0.1, -0.05) is 37.5 Å². The predicted molar refractivity (Wildman–Crippen MR) is 102 cm³/mol. The normalized spacial score (nSPS) is 14.6. The van der Waals surface area contributed by atoms with Crippen LogP contribution in [0.25, 0.3) is 0 Å². The van der Waals surface area contributed by atoms with Crippen molar-refractivity contribution in [3.63, 3.8) is 0 Å². The summed E-state index contributed by atoms with van der Waals surface area (Å²) >= 11 is 0. The number of hydrogen-bond donors (Lipinski definition) is 3. The van der Waals surface area contributed by atoms with Crippen molar-refractivity contribution in [3.05, 3.63) is 59.7 Å². The van der Waals surface area contributed by atoms with Crippen LogP contribution in [0.5, 0.6) is 0 Å². The molecule has 1 aliphatic carbocycles. The summed E-state index contributed by atoms with van der Waals surface area (Å²) in [5.74, 6) is -0.676. The van der Waals surface area contributed by atoms with Gasteiger partial charge in [-0.05, 0) is 48.7 Å². The molecular formula is C21H24N2O3. The minimum Gasteiger partial charge on any atom is -0.478 e. The maximum absolute atomic E-state index is 12.4. The van der Waals surface area contributed by atoms with Crippen LogP contribution >= 0.6 is 0 Å². The van der Waals surface area contributed by atoms with Gasteiger partial charge < -0.3 is 15.7 Å². The molecule has 2 aromatic carbocycles. The van der Waals surface area contributed by atoms with E-state index >= 15 is 0 Å². The minimum absolute atomic E-state index is 0.117. The van der Waals surface area contributed by atoms with E-state index in [1.54, 1.807) is 24.3 Å². The third-order valence-electron chi connectivity index (χ3n) is 4.80. The van der Waals surface area contributed by atoms with Gasteiger partial charge in [-0.3, -0.25) is 4.79 Å². The lowest BCUT2D eigenvalue weighted by molar-refractivity contribution is -0.120. The maximum Gasteiger partial charge on any atom is 0.335 e. The summed E-state index contributed by atoms with van der Waals surface area (Å²) in [4.78, 5) is 23.2. The molecular weight excluding hydrogens is 328 g/mol. The number of benzene rings is 2. The van der Waals surface area contributed by atoms with Crippen LogP contribution in [0.4, 0.5) is 11.4 Å². The number of rotatable bonds is 6. The van der Waals surface area contributed by atoms with Gasteiger partial charge in [-0.15, -0.1) is 0 Å². The number of carboxylic acids is 1.